The summed E-state index contributed by atoms with van der Waals surface area (Å²) in [6.07, 6.45) is 4.25. The summed E-state index contributed by atoms with van der Waals surface area (Å²) in [5.41, 5.74) is 2.82. The second kappa shape index (κ2) is 3.00. The summed E-state index contributed by atoms with van der Waals surface area (Å²) in [5, 5.41) is 0. The zero-order valence-electron chi connectivity index (χ0n) is 7.02. The van der Waals surface area contributed by atoms with Crippen molar-refractivity contribution in [3.8, 4) is 0 Å². The summed E-state index contributed by atoms with van der Waals surface area (Å²) in [4.78, 5) is 4.31. The van der Waals surface area contributed by atoms with Gasteiger partial charge in [-0.2, -0.15) is 0 Å². The lowest BCUT2D eigenvalue weighted by atomic mass is 10.00. The Morgan fingerprint density at radius 1 is 1.60 bits per heavy atom. The molecule has 0 unspecified atom stereocenters. The first-order valence-electron chi connectivity index (χ1n) is 3.98. The largest absolute Gasteiger partial charge is 0.265 e. The van der Waals surface area contributed by atoms with Crippen LogP contribution in [0.3, 0.4) is 0 Å². The van der Waals surface area contributed by atoms with Crippen molar-refractivity contribution in [3.63, 3.8) is 0 Å². The summed E-state index contributed by atoms with van der Waals surface area (Å²) in [6.45, 7) is 6.61. The normalized spacial score (nSPS) is 17.6. The molecule has 0 fully saturated rings. The lowest BCUT2D eigenvalue weighted by Gasteiger charge is -2.04. The molecule has 0 bridgehead atoms. The highest BCUT2D eigenvalue weighted by molar-refractivity contribution is 5.88. The minimum absolute atomic E-state index is 0.674. The van der Waals surface area contributed by atoms with Crippen LogP contribution in [0.5, 0.6) is 0 Å². The molecule has 0 N–H and O–H groups in total. The molecular formula is C9H15N. The van der Waals surface area contributed by atoms with Gasteiger partial charge in [-0.3, -0.25) is 4.99 Å². The molecule has 0 radical (unpaired) electrons. The molecule has 0 aliphatic carbocycles. The van der Waals surface area contributed by atoms with Crippen LogP contribution < -0.4 is 0 Å². The third-order valence-corrected chi connectivity index (χ3v) is 1.97. The van der Waals surface area contributed by atoms with Gasteiger partial charge in [0.05, 0.1) is 0 Å². The van der Waals surface area contributed by atoms with Crippen LogP contribution in [0.15, 0.2) is 16.8 Å². The van der Waals surface area contributed by atoms with Crippen molar-refractivity contribution in [2.45, 2.75) is 33.6 Å². The summed E-state index contributed by atoms with van der Waals surface area (Å²) >= 11 is 0. The maximum atomic E-state index is 4.31. The molecule has 10 heavy (non-hydrogen) atoms. The first kappa shape index (κ1) is 7.52. The molecule has 1 aliphatic rings. The topological polar surface area (TPSA) is 12.4 Å². The maximum Gasteiger partial charge on any atom is 0.0265 e. The van der Waals surface area contributed by atoms with Crippen molar-refractivity contribution in [1.82, 2.24) is 0 Å². The molecule has 1 aliphatic heterocycles. The molecule has 1 heterocycles. The van der Waals surface area contributed by atoms with E-state index in [9.17, 15) is 0 Å². The SMILES string of the molecule is CCC1=NC=C(C(C)C)C1. The van der Waals surface area contributed by atoms with Gasteiger partial charge in [0.1, 0.15) is 0 Å². The van der Waals surface area contributed by atoms with Gasteiger partial charge in [0.25, 0.3) is 0 Å². The minimum atomic E-state index is 0.674. The summed E-state index contributed by atoms with van der Waals surface area (Å²) in [5.74, 6) is 0.674. The van der Waals surface area contributed by atoms with Crippen LogP contribution in [0, 0.1) is 5.92 Å². The molecule has 0 saturated heterocycles. The molecular weight excluding hydrogens is 122 g/mol. The standard InChI is InChI=1S/C9H15N/c1-4-9-5-8(6-10-9)7(2)3/h6-7H,4-5H2,1-3H3. The Morgan fingerprint density at radius 3 is 2.60 bits per heavy atom. The number of rotatable bonds is 2. The van der Waals surface area contributed by atoms with E-state index in [4.69, 9.17) is 0 Å². The van der Waals surface area contributed by atoms with Gasteiger partial charge in [-0.15, -0.1) is 0 Å². The fraction of sp³-hybridized carbons (Fsp3) is 0.667. The first-order valence-corrected chi connectivity index (χ1v) is 3.98. The Labute approximate surface area is 62.9 Å². The van der Waals surface area contributed by atoms with Crippen molar-refractivity contribution in [2.24, 2.45) is 10.9 Å². The molecule has 1 nitrogen and oxygen atoms in total. The maximum absolute atomic E-state index is 4.31. The molecule has 1 rings (SSSR count). The molecule has 0 saturated carbocycles. The summed E-state index contributed by atoms with van der Waals surface area (Å²) < 4.78 is 0. The van der Waals surface area contributed by atoms with Crippen molar-refractivity contribution in [1.29, 1.82) is 0 Å². The van der Waals surface area contributed by atoms with Gasteiger partial charge in [-0.05, 0) is 17.9 Å². The van der Waals surface area contributed by atoms with Crippen LogP contribution in [-0.4, -0.2) is 5.71 Å². The Hall–Kier alpha value is -0.590. The molecule has 0 aromatic rings. The van der Waals surface area contributed by atoms with Crippen LogP contribution in [0.1, 0.15) is 33.6 Å². The van der Waals surface area contributed by atoms with E-state index in [-0.39, 0.29) is 0 Å². The fourth-order valence-corrected chi connectivity index (χ4v) is 1.07. The highest BCUT2D eigenvalue weighted by atomic mass is 14.7. The highest BCUT2D eigenvalue weighted by Gasteiger charge is 2.10. The van der Waals surface area contributed by atoms with Crippen molar-refractivity contribution < 1.29 is 0 Å². The average Bonchev–Trinajstić information content (AvgIpc) is 2.34. The predicted octanol–water partition coefficient (Wildman–Crippen LogP) is 2.78. The summed E-state index contributed by atoms with van der Waals surface area (Å²) in [7, 11) is 0. The molecule has 0 amide bonds. The van der Waals surface area contributed by atoms with Gasteiger partial charge in [-0.25, -0.2) is 0 Å². The van der Waals surface area contributed by atoms with E-state index in [1.165, 1.54) is 11.3 Å². The van der Waals surface area contributed by atoms with Gasteiger partial charge in [0.15, 0.2) is 0 Å². The van der Waals surface area contributed by atoms with Crippen molar-refractivity contribution in [3.05, 3.63) is 11.8 Å². The first-order chi connectivity index (χ1) is 4.74. The molecule has 0 atom stereocenters. The number of nitrogens with zero attached hydrogens (tertiary/aromatic N) is 1. The van der Waals surface area contributed by atoms with E-state index in [1.807, 2.05) is 6.20 Å². The smallest absolute Gasteiger partial charge is 0.0265 e. The molecule has 0 aromatic carbocycles. The zero-order valence-corrected chi connectivity index (χ0v) is 7.02. The van der Waals surface area contributed by atoms with Gasteiger partial charge in [-0.1, -0.05) is 20.8 Å². The van der Waals surface area contributed by atoms with Crippen molar-refractivity contribution >= 4 is 5.71 Å². The van der Waals surface area contributed by atoms with E-state index in [2.05, 4.69) is 25.8 Å². The predicted molar refractivity (Wildman–Crippen MR) is 45.3 cm³/mol. The van der Waals surface area contributed by atoms with E-state index < -0.39 is 0 Å². The van der Waals surface area contributed by atoms with Gasteiger partial charge < -0.3 is 0 Å². The monoisotopic (exact) mass is 137 g/mol. The number of aliphatic imine (C=N–C) groups is 1. The molecule has 0 spiro atoms. The Morgan fingerprint density at radius 2 is 2.30 bits per heavy atom. The van der Waals surface area contributed by atoms with E-state index in [0.29, 0.717) is 5.92 Å². The average molecular weight is 137 g/mol. The number of hydrogen-bond donors (Lipinski definition) is 0. The highest BCUT2D eigenvalue weighted by Crippen LogP contribution is 2.20. The minimum Gasteiger partial charge on any atom is -0.265 e. The zero-order chi connectivity index (χ0) is 7.56. The fourth-order valence-electron chi connectivity index (χ4n) is 1.07. The van der Waals surface area contributed by atoms with Crippen LogP contribution in [0.2, 0.25) is 0 Å². The van der Waals surface area contributed by atoms with Crippen LogP contribution in [0.25, 0.3) is 0 Å². The quantitative estimate of drug-likeness (QED) is 0.555. The third-order valence-electron chi connectivity index (χ3n) is 1.97. The molecule has 0 aromatic heterocycles. The second-order valence-corrected chi connectivity index (χ2v) is 3.08. The number of allylic oxidation sites excluding steroid dienone is 1. The lowest BCUT2D eigenvalue weighted by molar-refractivity contribution is 0.757. The van der Waals surface area contributed by atoms with Crippen molar-refractivity contribution in [2.75, 3.05) is 0 Å². The van der Waals surface area contributed by atoms with Gasteiger partial charge in [0.2, 0.25) is 0 Å². The molecule has 56 valence electrons. The third kappa shape index (κ3) is 1.47. The number of hydrogen-bond acceptors (Lipinski definition) is 1. The second-order valence-electron chi connectivity index (χ2n) is 3.08. The lowest BCUT2D eigenvalue weighted by Crippen LogP contribution is -1.97. The van der Waals surface area contributed by atoms with E-state index >= 15 is 0 Å². The Bertz CT molecular complexity index is 175. The molecule has 1 heteroatoms. The van der Waals surface area contributed by atoms with Gasteiger partial charge >= 0.3 is 0 Å². The summed E-state index contributed by atoms with van der Waals surface area (Å²) in [6, 6.07) is 0. The van der Waals surface area contributed by atoms with Crippen LogP contribution in [0.4, 0.5) is 0 Å². The Balaban J connectivity index is 2.48. The van der Waals surface area contributed by atoms with Crippen LogP contribution in [-0.2, 0) is 0 Å². The van der Waals surface area contributed by atoms with E-state index in [0.717, 1.165) is 12.8 Å². The van der Waals surface area contributed by atoms with Crippen LogP contribution >= 0.6 is 0 Å². The van der Waals surface area contributed by atoms with Gasteiger partial charge in [0, 0.05) is 18.3 Å². The Kier molecular flexibility index (Phi) is 2.25. The van der Waals surface area contributed by atoms with E-state index in [1.54, 1.807) is 0 Å².